The fourth-order valence-corrected chi connectivity index (χ4v) is 1.51. The number of alkyl carbamates (subject to hydrolysis) is 1. The quantitative estimate of drug-likeness (QED) is 0.719. The highest BCUT2D eigenvalue weighted by molar-refractivity contribution is 5.88. The second-order valence-corrected chi connectivity index (χ2v) is 6.12. The van der Waals surface area contributed by atoms with Crippen molar-refractivity contribution in [3.8, 4) is 0 Å². The Kier molecular flexibility index (Phi) is 7.76. The molecule has 122 valence electrons. The summed E-state index contributed by atoms with van der Waals surface area (Å²) in [6.07, 6.45) is -0.229. The van der Waals surface area contributed by atoms with Crippen molar-refractivity contribution in [2.75, 3.05) is 13.7 Å². The second kappa shape index (κ2) is 8.49. The first-order valence-corrected chi connectivity index (χ1v) is 6.89. The molecule has 0 unspecified atom stereocenters. The average Bonchev–Trinajstić information content (AvgIpc) is 2.31. The summed E-state index contributed by atoms with van der Waals surface area (Å²) in [5.41, 5.74) is -0.644. The number of nitrogens with one attached hydrogen (secondary N) is 2. The molecule has 2 N–H and O–H groups in total. The number of methoxy groups -OCH3 is 1. The number of ether oxygens (including phenoxy) is 2. The molecule has 0 rings (SSSR count). The molecule has 0 aromatic heterocycles. The van der Waals surface area contributed by atoms with Gasteiger partial charge in [0.1, 0.15) is 18.2 Å². The molecule has 0 radical (unpaired) electrons. The van der Waals surface area contributed by atoms with Crippen molar-refractivity contribution in [1.29, 1.82) is 0 Å². The Morgan fingerprint density at radius 3 is 2.14 bits per heavy atom. The van der Waals surface area contributed by atoms with Crippen molar-refractivity contribution in [3.05, 3.63) is 0 Å². The van der Waals surface area contributed by atoms with Crippen LogP contribution in [0.15, 0.2) is 0 Å². The van der Waals surface area contributed by atoms with Gasteiger partial charge in [0, 0.05) is 0 Å². The van der Waals surface area contributed by atoms with Crippen LogP contribution < -0.4 is 10.6 Å². The van der Waals surface area contributed by atoms with Crippen molar-refractivity contribution >= 4 is 18.0 Å². The first-order chi connectivity index (χ1) is 9.55. The van der Waals surface area contributed by atoms with Crippen molar-refractivity contribution in [2.24, 2.45) is 5.92 Å². The molecule has 0 aliphatic heterocycles. The van der Waals surface area contributed by atoms with Gasteiger partial charge in [-0.15, -0.1) is 0 Å². The molecule has 0 aliphatic rings. The molecule has 0 spiro atoms. The van der Waals surface area contributed by atoms with Gasteiger partial charge in [0.2, 0.25) is 5.91 Å². The summed E-state index contributed by atoms with van der Waals surface area (Å²) in [6.45, 7) is 8.83. The Balaban J connectivity index is 4.60. The predicted octanol–water partition coefficient (Wildman–Crippen LogP) is 1.21. The number of hydrogen-bond acceptors (Lipinski definition) is 5. The zero-order valence-electron chi connectivity index (χ0n) is 13.6. The lowest BCUT2D eigenvalue weighted by atomic mass is 10.0. The van der Waals surface area contributed by atoms with E-state index < -0.39 is 29.6 Å². The summed E-state index contributed by atoms with van der Waals surface area (Å²) >= 11 is 0. The molecule has 0 aromatic rings. The molecule has 0 saturated carbocycles. The summed E-state index contributed by atoms with van der Waals surface area (Å²) in [5, 5.41) is 4.94. The number of hydrogen-bond donors (Lipinski definition) is 2. The molecular formula is C14H26N2O5. The monoisotopic (exact) mass is 302 g/mol. The molecule has 0 aromatic carbocycles. The van der Waals surface area contributed by atoms with Crippen molar-refractivity contribution in [1.82, 2.24) is 10.6 Å². The van der Waals surface area contributed by atoms with E-state index in [2.05, 4.69) is 15.4 Å². The molecule has 0 heterocycles. The maximum absolute atomic E-state index is 12.0. The van der Waals surface area contributed by atoms with Gasteiger partial charge in [-0.3, -0.25) is 9.59 Å². The van der Waals surface area contributed by atoms with Crippen LogP contribution in [0.1, 0.15) is 41.0 Å². The van der Waals surface area contributed by atoms with Crippen LogP contribution in [-0.2, 0) is 19.1 Å². The van der Waals surface area contributed by atoms with E-state index in [1.165, 1.54) is 7.11 Å². The third-order valence-electron chi connectivity index (χ3n) is 2.35. The molecule has 1 atom stereocenters. The molecular weight excluding hydrogens is 276 g/mol. The highest BCUT2D eigenvalue weighted by Gasteiger charge is 2.25. The van der Waals surface area contributed by atoms with Crippen LogP contribution in [-0.4, -0.2) is 43.3 Å². The Bertz CT molecular complexity index is 374. The average molecular weight is 302 g/mol. The topological polar surface area (TPSA) is 93.7 Å². The van der Waals surface area contributed by atoms with E-state index in [1.54, 1.807) is 20.8 Å². The van der Waals surface area contributed by atoms with Gasteiger partial charge in [-0.1, -0.05) is 13.8 Å². The molecule has 0 saturated heterocycles. The minimum Gasteiger partial charge on any atom is -0.468 e. The van der Waals surface area contributed by atoms with Crippen LogP contribution in [0.2, 0.25) is 0 Å². The van der Waals surface area contributed by atoms with E-state index in [4.69, 9.17) is 4.74 Å². The normalized spacial score (nSPS) is 12.5. The van der Waals surface area contributed by atoms with Crippen LogP contribution in [0.3, 0.4) is 0 Å². The first-order valence-electron chi connectivity index (χ1n) is 6.89. The molecule has 7 heteroatoms. The third-order valence-corrected chi connectivity index (χ3v) is 2.35. The first kappa shape index (κ1) is 19.2. The highest BCUT2D eigenvalue weighted by Crippen LogP contribution is 2.09. The van der Waals surface area contributed by atoms with Crippen LogP contribution in [0.4, 0.5) is 4.79 Å². The van der Waals surface area contributed by atoms with Gasteiger partial charge in [0.25, 0.3) is 0 Å². The van der Waals surface area contributed by atoms with E-state index in [-0.39, 0.29) is 12.5 Å². The zero-order valence-corrected chi connectivity index (χ0v) is 13.6. The SMILES string of the molecule is COC(=O)CNC(=O)[C@@H](CC(C)C)NC(=O)OC(C)(C)C. The maximum atomic E-state index is 12.0. The number of esters is 1. The standard InChI is InChI=1S/C14H26N2O5/c1-9(2)7-10(12(18)15-8-11(17)20-6)16-13(19)21-14(3,4)5/h9-10H,7-8H2,1-6H3,(H,15,18)(H,16,19)/t10-/m1/s1. The van der Waals surface area contributed by atoms with E-state index in [9.17, 15) is 14.4 Å². The molecule has 0 fully saturated rings. The van der Waals surface area contributed by atoms with Gasteiger partial charge in [0.05, 0.1) is 7.11 Å². The van der Waals surface area contributed by atoms with E-state index >= 15 is 0 Å². The highest BCUT2D eigenvalue weighted by atomic mass is 16.6. The van der Waals surface area contributed by atoms with Crippen molar-refractivity contribution < 1.29 is 23.9 Å². The number of carbonyl (C=O) groups excluding carboxylic acids is 3. The Labute approximate surface area is 125 Å². The number of carbonyl (C=O) groups is 3. The lowest BCUT2D eigenvalue weighted by molar-refractivity contribution is -0.141. The minimum absolute atomic E-state index is 0.189. The number of amides is 2. The Hall–Kier alpha value is -1.79. The zero-order chi connectivity index (χ0) is 16.6. The van der Waals surface area contributed by atoms with Crippen molar-refractivity contribution in [2.45, 2.75) is 52.7 Å². The molecule has 0 aliphatic carbocycles. The van der Waals surface area contributed by atoms with E-state index in [0.29, 0.717) is 6.42 Å². The molecule has 2 amide bonds. The Morgan fingerprint density at radius 1 is 1.14 bits per heavy atom. The maximum Gasteiger partial charge on any atom is 0.408 e. The smallest absolute Gasteiger partial charge is 0.408 e. The molecule has 0 bridgehead atoms. The minimum atomic E-state index is -0.760. The van der Waals surface area contributed by atoms with E-state index in [0.717, 1.165) is 0 Å². The van der Waals surface area contributed by atoms with Gasteiger partial charge in [-0.2, -0.15) is 0 Å². The van der Waals surface area contributed by atoms with Gasteiger partial charge in [-0.25, -0.2) is 4.79 Å². The summed E-state index contributed by atoms with van der Waals surface area (Å²) in [6, 6.07) is -0.760. The lowest BCUT2D eigenvalue weighted by Gasteiger charge is -2.24. The number of rotatable bonds is 6. The van der Waals surface area contributed by atoms with Gasteiger partial charge in [0.15, 0.2) is 0 Å². The van der Waals surface area contributed by atoms with Crippen molar-refractivity contribution in [3.63, 3.8) is 0 Å². The largest absolute Gasteiger partial charge is 0.468 e. The van der Waals surface area contributed by atoms with E-state index in [1.807, 2.05) is 13.8 Å². The summed E-state index contributed by atoms with van der Waals surface area (Å²) in [5.74, 6) is -0.808. The summed E-state index contributed by atoms with van der Waals surface area (Å²) in [7, 11) is 1.24. The molecule has 7 nitrogen and oxygen atoms in total. The fourth-order valence-electron chi connectivity index (χ4n) is 1.51. The van der Waals surface area contributed by atoms with Gasteiger partial charge in [-0.05, 0) is 33.1 Å². The van der Waals surface area contributed by atoms with Gasteiger partial charge >= 0.3 is 12.1 Å². The predicted molar refractivity (Wildman–Crippen MR) is 77.6 cm³/mol. The second-order valence-electron chi connectivity index (χ2n) is 6.12. The summed E-state index contributed by atoms with van der Waals surface area (Å²) in [4.78, 5) is 34.8. The van der Waals surface area contributed by atoms with Crippen LogP contribution in [0.5, 0.6) is 0 Å². The van der Waals surface area contributed by atoms with Crippen LogP contribution in [0, 0.1) is 5.92 Å². The Morgan fingerprint density at radius 2 is 1.71 bits per heavy atom. The third kappa shape index (κ3) is 9.70. The van der Waals surface area contributed by atoms with Crippen LogP contribution in [0.25, 0.3) is 0 Å². The van der Waals surface area contributed by atoms with Crippen LogP contribution >= 0.6 is 0 Å². The molecule has 21 heavy (non-hydrogen) atoms. The fraction of sp³-hybridized carbons (Fsp3) is 0.786. The lowest BCUT2D eigenvalue weighted by Crippen LogP contribution is -2.49. The van der Waals surface area contributed by atoms with Gasteiger partial charge < -0.3 is 20.1 Å². The summed E-state index contributed by atoms with van der Waals surface area (Å²) < 4.78 is 9.57.